The molecular weight excluding hydrogens is 174 g/mol. The van der Waals surface area contributed by atoms with Crippen LogP contribution in [0.15, 0.2) is 4.99 Å². The number of nitrogens with zero attached hydrogens (tertiary/aromatic N) is 1. The Labute approximate surface area is 88.8 Å². The molecule has 0 fully saturated rings. The van der Waals surface area contributed by atoms with Crippen molar-refractivity contribution in [2.45, 2.75) is 41.0 Å². The zero-order chi connectivity index (χ0) is 11.2. The Morgan fingerprint density at radius 2 is 1.57 bits per heavy atom. The molecule has 14 heavy (non-hydrogen) atoms. The summed E-state index contributed by atoms with van der Waals surface area (Å²) in [6.07, 6.45) is 1.15. The minimum absolute atomic E-state index is 0.117. The Kier molecular flexibility index (Phi) is 5.35. The Balaban J connectivity index is 3.78. The molecule has 0 heterocycles. The maximum Gasteiger partial charge on any atom is 0.0535 e. The molecule has 0 aliphatic carbocycles. The first-order valence-electron chi connectivity index (χ1n) is 5.33. The maximum atomic E-state index is 5.72. The van der Waals surface area contributed by atoms with E-state index in [0.717, 1.165) is 26.2 Å². The summed E-state index contributed by atoms with van der Waals surface area (Å²) >= 11 is 0. The average molecular weight is 199 g/mol. The lowest BCUT2D eigenvalue weighted by Crippen LogP contribution is -2.27. The van der Waals surface area contributed by atoms with Gasteiger partial charge in [-0.05, 0) is 18.6 Å². The van der Waals surface area contributed by atoms with Gasteiger partial charge in [0.1, 0.15) is 0 Å². The number of hydrogen-bond donors (Lipinski definition) is 0. The number of ether oxygens (including phenoxy) is 1. The van der Waals surface area contributed by atoms with E-state index in [1.54, 1.807) is 0 Å². The number of hydrogen-bond acceptors (Lipinski definition) is 2. The second kappa shape index (κ2) is 5.50. The third-order valence-corrected chi connectivity index (χ3v) is 2.48. The van der Waals surface area contributed by atoms with Gasteiger partial charge in [-0.1, -0.05) is 34.6 Å². The van der Waals surface area contributed by atoms with Crippen LogP contribution in [0.3, 0.4) is 0 Å². The van der Waals surface area contributed by atoms with Crippen LogP contribution in [0.2, 0.25) is 0 Å². The van der Waals surface area contributed by atoms with Crippen LogP contribution < -0.4 is 0 Å². The molecule has 2 heteroatoms. The van der Waals surface area contributed by atoms with E-state index in [1.807, 2.05) is 0 Å². The van der Waals surface area contributed by atoms with Crippen molar-refractivity contribution in [2.75, 3.05) is 19.8 Å². The van der Waals surface area contributed by atoms with Gasteiger partial charge < -0.3 is 9.73 Å². The van der Waals surface area contributed by atoms with E-state index in [-0.39, 0.29) is 10.8 Å². The molecule has 84 valence electrons. The largest absolute Gasteiger partial charge is 0.380 e. The molecule has 0 aromatic carbocycles. The Morgan fingerprint density at radius 1 is 1.07 bits per heavy atom. The molecule has 2 nitrogen and oxygen atoms in total. The van der Waals surface area contributed by atoms with Gasteiger partial charge in [-0.25, -0.2) is 0 Å². The van der Waals surface area contributed by atoms with Crippen molar-refractivity contribution in [3.8, 4) is 0 Å². The monoisotopic (exact) mass is 199 g/mol. The van der Waals surface area contributed by atoms with Gasteiger partial charge in [-0.15, -0.1) is 0 Å². The molecule has 0 saturated heterocycles. The Morgan fingerprint density at radius 3 is 2.00 bits per heavy atom. The summed E-state index contributed by atoms with van der Waals surface area (Å²) in [6, 6.07) is 0. The van der Waals surface area contributed by atoms with Crippen molar-refractivity contribution in [3.05, 3.63) is 0 Å². The molecule has 0 spiro atoms. The van der Waals surface area contributed by atoms with E-state index in [1.165, 1.54) is 0 Å². The van der Waals surface area contributed by atoms with Crippen LogP contribution in [-0.4, -0.2) is 26.5 Å². The van der Waals surface area contributed by atoms with E-state index >= 15 is 0 Å². The highest BCUT2D eigenvalue weighted by Gasteiger charge is 2.20. The lowest BCUT2D eigenvalue weighted by Gasteiger charge is -2.27. The summed E-state index contributed by atoms with van der Waals surface area (Å²) < 4.78 is 5.72. The van der Waals surface area contributed by atoms with Gasteiger partial charge in [0.15, 0.2) is 0 Å². The van der Waals surface area contributed by atoms with Crippen LogP contribution in [0.1, 0.15) is 41.0 Å². The highest BCUT2D eigenvalue weighted by atomic mass is 16.5. The Hall–Kier alpha value is -0.370. The van der Waals surface area contributed by atoms with Gasteiger partial charge in [-0.3, -0.25) is 0 Å². The van der Waals surface area contributed by atoms with Gasteiger partial charge in [0.05, 0.1) is 13.2 Å². The molecule has 0 saturated carbocycles. The van der Waals surface area contributed by atoms with Crippen molar-refractivity contribution >= 4 is 6.72 Å². The van der Waals surface area contributed by atoms with Crippen LogP contribution in [0, 0.1) is 10.8 Å². The van der Waals surface area contributed by atoms with Crippen molar-refractivity contribution in [2.24, 2.45) is 15.8 Å². The summed E-state index contributed by atoms with van der Waals surface area (Å²) in [5.41, 5.74) is 0.406. The van der Waals surface area contributed by atoms with E-state index in [0.29, 0.717) is 0 Å². The maximum absolute atomic E-state index is 5.72. The van der Waals surface area contributed by atoms with Crippen LogP contribution in [0.5, 0.6) is 0 Å². The highest BCUT2D eigenvalue weighted by Crippen LogP contribution is 2.22. The van der Waals surface area contributed by atoms with Crippen LogP contribution in [0.25, 0.3) is 0 Å². The average Bonchev–Trinajstić information content (AvgIpc) is 2.03. The number of aliphatic imine (C=N–C) groups is 1. The molecule has 0 aromatic rings. The standard InChI is InChI=1S/C12H25NO/c1-7-11(2,3)9-14-10-12(4,5)8-13-6/h6-10H2,1-5H3. The molecule has 0 amide bonds. The molecule has 0 aliphatic heterocycles. The molecule has 0 radical (unpaired) electrons. The van der Waals surface area contributed by atoms with Crippen molar-refractivity contribution < 1.29 is 4.74 Å². The SMILES string of the molecule is C=NCC(C)(C)COCC(C)(C)CC. The summed E-state index contributed by atoms with van der Waals surface area (Å²) in [5, 5.41) is 0. The molecule has 0 atom stereocenters. The third-order valence-electron chi connectivity index (χ3n) is 2.48. The molecule has 0 unspecified atom stereocenters. The predicted molar refractivity (Wildman–Crippen MR) is 63.1 cm³/mol. The van der Waals surface area contributed by atoms with Gasteiger partial charge in [-0.2, -0.15) is 0 Å². The second-order valence-corrected chi connectivity index (χ2v) is 5.56. The first-order chi connectivity index (χ1) is 6.33. The van der Waals surface area contributed by atoms with Crippen molar-refractivity contribution in [3.63, 3.8) is 0 Å². The fourth-order valence-corrected chi connectivity index (χ4v) is 1.05. The van der Waals surface area contributed by atoms with Gasteiger partial charge in [0.2, 0.25) is 0 Å². The fraction of sp³-hybridized carbons (Fsp3) is 0.917. The van der Waals surface area contributed by atoms with E-state index in [4.69, 9.17) is 4.74 Å². The predicted octanol–water partition coefficient (Wildman–Crippen LogP) is 3.17. The molecule has 0 N–H and O–H groups in total. The molecule has 0 rings (SSSR count). The summed E-state index contributed by atoms with van der Waals surface area (Å²) in [4.78, 5) is 3.91. The van der Waals surface area contributed by atoms with Crippen molar-refractivity contribution in [1.82, 2.24) is 0 Å². The van der Waals surface area contributed by atoms with E-state index in [9.17, 15) is 0 Å². The van der Waals surface area contributed by atoms with Crippen LogP contribution in [-0.2, 0) is 4.74 Å². The van der Waals surface area contributed by atoms with E-state index in [2.05, 4.69) is 46.3 Å². The van der Waals surface area contributed by atoms with E-state index < -0.39 is 0 Å². The lowest BCUT2D eigenvalue weighted by atomic mass is 9.91. The van der Waals surface area contributed by atoms with Gasteiger partial charge in [0, 0.05) is 12.0 Å². The zero-order valence-electron chi connectivity index (χ0n) is 10.4. The normalized spacial score (nSPS) is 12.9. The minimum atomic E-state index is 0.117. The lowest BCUT2D eigenvalue weighted by molar-refractivity contribution is 0.0171. The molecule has 0 bridgehead atoms. The number of rotatable bonds is 7. The smallest absolute Gasteiger partial charge is 0.0535 e. The topological polar surface area (TPSA) is 21.6 Å². The van der Waals surface area contributed by atoms with Crippen LogP contribution >= 0.6 is 0 Å². The first kappa shape index (κ1) is 13.6. The zero-order valence-corrected chi connectivity index (χ0v) is 10.4. The summed E-state index contributed by atoms with van der Waals surface area (Å²) in [5.74, 6) is 0. The third kappa shape index (κ3) is 6.14. The summed E-state index contributed by atoms with van der Waals surface area (Å²) in [7, 11) is 0. The fourth-order valence-electron chi connectivity index (χ4n) is 1.05. The minimum Gasteiger partial charge on any atom is -0.380 e. The molecule has 0 aromatic heterocycles. The second-order valence-electron chi connectivity index (χ2n) is 5.56. The van der Waals surface area contributed by atoms with Crippen LogP contribution in [0.4, 0.5) is 0 Å². The van der Waals surface area contributed by atoms with Gasteiger partial charge in [0.25, 0.3) is 0 Å². The highest BCUT2D eigenvalue weighted by molar-refractivity contribution is 5.23. The van der Waals surface area contributed by atoms with Gasteiger partial charge >= 0.3 is 0 Å². The quantitative estimate of drug-likeness (QED) is 0.577. The van der Waals surface area contributed by atoms with Crippen molar-refractivity contribution in [1.29, 1.82) is 0 Å². The summed E-state index contributed by atoms with van der Waals surface area (Å²) in [6.45, 7) is 16.8. The molecular formula is C12H25NO. The molecule has 0 aliphatic rings. The Bertz CT molecular complexity index is 173. The first-order valence-corrected chi connectivity index (χ1v) is 5.33.